The second-order valence-corrected chi connectivity index (χ2v) is 7.42. The standard InChI is InChI=1S/C26H34O/c1-3-5-6-9-12-23-15-17-24(18-16-23)13-10-7-8-11-14-25-19-21-26(22-20-25)27-4-2/h7-8,19-24H,3-6,9,12,15-18H2,1-2H3/b8-7+. The van der Waals surface area contributed by atoms with Crippen LogP contribution in [0.3, 0.4) is 0 Å². The van der Waals surface area contributed by atoms with Crippen molar-refractivity contribution in [3.63, 3.8) is 0 Å². The van der Waals surface area contributed by atoms with Crippen LogP contribution in [0.5, 0.6) is 5.75 Å². The number of unbranched alkanes of at least 4 members (excludes halogenated alkanes) is 3. The Morgan fingerprint density at radius 3 is 2.37 bits per heavy atom. The summed E-state index contributed by atoms with van der Waals surface area (Å²) in [6.45, 7) is 4.96. The Balaban J connectivity index is 1.67. The van der Waals surface area contributed by atoms with Crippen molar-refractivity contribution in [2.45, 2.75) is 71.6 Å². The van der Waals surface area contributed by atoms with Gasteiger partial charge in [-0.1, -0.05) is 62.7 Å². The lowest BCUT2D eigenvalue weighted by atomic mass is 9.80. The fraction of sp³-hybridized carbons (Fsp3) is 0.538. The van der Waals surface area contributed by atoms with E-state index in [9.17, 15) is 0 Å². The molecule has 1 heteroatoms. The Hall–Kier alpha value is -2.12. The topological polar surface area (TPSA) is 9.23 Å². The van der Waals surface area contributed by atoms with Crippen LogP contribution in [0.4, 0.5) is 0 Å². The average Bonchev–Trinajstić information content (AvgIpc) is 2.70. The molecule has 1 aromatic carbocycles. The third-order valence-electron chi connectivity index (χ3n) is 5.23. The van der Waals surface area contributed by atoms with Crippen LogP contribution in [0.25, 0.3) is 0 Å². The van der Waals surface area contributed by atoms with Gasteiger partial charge >= 0.3 is 0 Å². The van der Waals surface area contributed by atoms with Crippen LogP contribution in [0.2, 0.25) is 0 Å². The predicted molar refractivity (Wildman–Crippen MR) is 116 cm³/mol. The molecule has 1 aliphatic carbocycles. The smallest absolute Gasteiger partial charge is 0.119 e. The van der Waals surface area contributed by atoms with Crippen LogP contribution in [0.1, 0.15) is 77.2 Å². The third-order valence-corrected chi connectivity index (χ3v) is 5.23. The summed E-state index contributed by atoms with van der Waals surface area (Å²) in [6, 6.07) is 7.88. The van der Waals surface area contributed by atoms with Crippen molar-refractivity contribution in [1.82, 2.24) is 0 Å². The highest BCUT2D eigenvalue weighted by Crippen LogP contribution is 2.31. The molecule has 1 aromatic rings. The first-order valence-electron chi connectivity index (χ1n) is 10.7. The van der Waals surface area contributed by atoms with Crippen molar-refractivity contribution in [3.05, 3.63) is 42.0 Å². The monoisotopic (exact) mass is 362 g/mol. The number of ether oxygens (including phenoxy) is 1. The largest absolute Gasteiger partial charge is 0.494 e. The van der Waals surface area contributed by atoms with Gasteiger partial charge in [-0.25, -0.2) is 0 Å². The molecule has 2 rings (SSSR count). The van der Waals surface area contributed by atoms with E-state index in [1.54, 1.807) is 0 Å². The van der Waals surface area contributed by atoms with E-state index in [0.717, 1.165) is 17.2 Å². The zero-order valence-corrected chi connectivity index (χ0v) is 17.1. The number of hydrogen-bond donors (Lipinski definition) is 0. The van der Waals surface area contributed by atoms with Gasteiger partial charge in [0, 0.05) is 11.5 Å². The lowest BCUT2D eigenvalue weighted by Crippen LogP contribution is -2.13. The first kappa shape index (κ1) is 21.2. The Kier molecular flexibility index (Phi) is 10.3. The molecule has 1 aliphatic rings. The molecule has 0 radical (unpaired) electrons. The zero-order valence-electron chi connectivity index (χ0n) is 17.1. The van der Waals surface area contributed by atoms with E-state index in [2.05, 4.69) is 30.6 Å². The van der Waals surface area contributed by atoms with Gasteiger partial charge in [-0.2, -0.15) is 0 Å². The van der Waals surface area contributed by atoms with Gasteiger partial charge < -0.3 is 4.74 Å². The molecule has 0 bridgehead atoms. The number of rotatable bonds is 7. The van der Waals surface area contributed by atoms with Gasteiger partial charge in [0.2, 0.25) is 0 Å². The summed E-state index contributed by atoms with van der Waals surface area (Å²) in [5.41, 5.74) is 0.994. The fourth-order valence-corrected chi connectivity index (χ4v) is 3.63. The van der Waals surface area contributed by atoms with Gasteiger partial charge in [-0.3, -0.25) is 0 Å². The Morgan fingerprint density at radius 1 is 0.926 bits per heavy atom. The summed E-state index contributed by atoms with van der Waals surface area (Å²) in [7, 11) is 0. The molecule has 1 saturated carbocycles. The first-order chi connectivity index (χ1) is 13.3. The number of hydrogen-bond acceptors (Lipinski definition) is 1. The molecule has 0 N–H and O–H groups in total. The molecule has 0 saturated heterocycles. The molecule has 0 amide bonds. The van der Waals surface area contributed by atoms with Gasteiger partial charge in [0.15, 0.2) is 0 Å². The maximum atomic E-state index is 5.43. The van der Waals surface area contributed by atoms with E-state index in [-0.39, 0.29) is 0 Å². The SMILES string of the molecule is CCCCCCC1CCC(C#C/C=C/C#Cc2ccc(OCC)cc2)CC1. The van der Waals surface area contributed by atoms with Crippen molar-refractivity contribution < 1.29 is 4.74 Å². The molecule has 1 nitrogen and oxygen atoms in total. The van der Waals surface area contributed by atoms with Crippen LogP contribution < -0.4 is 4.74 Å². The lowest BCUT2D eigenvalue weighted by Gasteiger charge is -2.25. The molecule has 0 atom stereocenters. The molecule has 144 valence electrons. The van der Waals surface area contributed by atoms with Gasteiger partial charge in [0.25, 0.3) is 0 Å². The third kappa shape index (κ3) is 8.88. The number of benzene rings is 1. The molecule has 1 fully saturated rings. The van der Waals surface area contributed by atoms with E-state index >= 15 is 0 Å². The second kappa shape index (κ2) is 13.1. The fourth-order valence-electron chi connectivity index (χ4n) is 3.63. The highest BCUT2D eigenvalue weighted by molar-refractivity contribution is 5.40. The molecular weight excluding hydrogens is 328 g/mol. The van der Waals surface area contributed by atoms with Crippen LogP contribution in [-0.4, -0.2) is 6.61 Å². The van der Waals surface area contributed by atoms with E-state index in [4.69, 9.17) is 4.74 Å². The van der Waals surface area contributed by atoms with Crippen LogP contribution in [-0.2, 0) is 0 Å². The minimum absolute atomic E-state index is 0.584. The van der Waals surface area contributed by atoms with Gasteiger partial charge in [0.05, 0.1) is 6.61 Å². The number of allylic oxidation sites excluding steroid dienone is 2. The minimum atomic E-state index is 0.584. The summed E-state index contributed by atoms with van der Waals surface area (Å²) in [4.78, 5) is 0. The molecule has 27 heavy (non-hydrogen) atoms. The summed E-state index contributed by atoms with van der Waals surface area (Å²) in [5.74, 6) is 15.2. The molecule has 0 unspecified atom stereocenters. The van der Waals surface area contributed by atoms with Crippen molar-refractivity contribution in [2.24, 2.45) is 11.8 Å². The van der Waals surface area contributed by atoms with E-state index in [1.807, 2.05) is 43.3 Å². The molecule has 0 aliphatic heterocycles. The molecular formula is C26H34O. The molecule has 0 aromatic heterocycles. The summed E-state index contributed by atoms with van der Waals surface area (Å²) >= 11 is 0. The molecule has 0 heterocycles. The highest BCUT2D eigenvalue weighted by atomic mass is 16.5. The van der Waals surface area contributed by atoms with Crippen LogP contribution in [0.15, 0.2) is 36.4 Å². The van der Waals surface area contributed by atoms with Gasteiger partial charge in [-0.15, -0.1) is 0 Å². The second-order valence-electron chi connectivity index (χ2n) is 7.42. The van der Waals surface area contributed by atoms with Crippen molar-refractivity contribution in [2.75, 3.05) is 6.61 Å². The van der Waals surface area contributed by atoms with E-state index < -0.39 is 0 Å². The maximum absolute atomic E-state index is 5.43. The van der Waals surface area contributed by atoms with Gasteiger partial charge in [-0.05, 0) is 74.9 Å². The summed E-state index contributed by atoms with van der Waals surface area (Å²) < 4.78 is 5.43. The Labute approximate surface area is 166 Å². The zero-order chi connectivity index (χ0) is 19.2. The Bertz CT molecular complexity index is 667. The Morgan fingerprint density at radius 2 is 1.67 bits per heavy atom. The normalized spacial score (nSPS) is 19.0. The van der Waals surface area contributed by atoms with Crippen molar-refractivity contribution in [1.29, 1.82) is 0 Å². The maximum Gasteiger partial charge on any atom is 0.119 e. The predicted octanol–water partition coefficient (Wildman–Crippen LogP) is 6.77. The van der Waals surface area contributed by atoms with Crippen LogP contribution in [0, 0.1) is 35.5 Å². The van der Waals surface area contributed by atoms with Crippen LogP contribution >= 0.6 is 0 Å². The van der Waals surface area contributed by atoms with Crippen molar-refractivity contribution in [3.8, 4) is 29.4 Å². The average molecular weight is 363 g/mol. The first-order valence-corrected chi connectivity index (χ1v) is 10.7. The summed E-state index contributed by atoms with van der Waals surface area (Å²) in [6.07, 6.45) is 16.0. The summed E-state index contributed by atoms with van der Waals surface area (Å²) in [5, 5.41) is 0. The van der Waals surface area contributed by atoms with E-state index in [0.29, 0.717) is 12.5 Å². The highest BCUT2D eigenvalue weighted by Gasteiger charge is 2.19. The lowest BCUT2D eigenvalue weighted by molar-refractivity contribution is 0.294. The molecule has 0 spiro atoms. The minimum Gasteiger partial charge on any atom is -0.494 e. The van der Waals surface area contributed by atoms with Crippen molar-refractivity contribution >= 4 is 0 Å². The van der Waals surface area contributed by atoms with Gasteiger partial charge in [0.1, 0.15) is 5.75 Å². The van der Waals surface area contributed by atoms with E-state index in [1.165, 1.54) is 57.8 Å². The quantitative estimate of drug-likeness (QED) is 0.384.